The molecule has 0 bridgehead atoms. The molecule has 0 unspecified atom stereocenters. The fraction of sp³-hybridized carbons (Fsp3) is 0.118. The third-order valence-corrected chi connectivity index (χ3v) is 16.8. The predicted octanol–water partition coefficient (Wildman–Crippen LogP) is 17.0. The van der Waals surface area contributed by atoms with Crippen LogP contribution in [0.2, 0.25) is 0 Å². The van der Waals surface area contributed by atoms with Crippen molar-refractivity contribution in [3.63, 3.8) is 0 Å². The van der Waals surface area contributed by atoms with E-state index in [0.717, 1.165) is 0 Å². The van der Waals surface area contributed by atoms with Crippen LogP contribution in [-0.4, -0.2) is 11.3 Å². The van der Waals surface area contributed by atoms with E-state index in [1.165, 1.54) is 137 Å². The zero-order chi connectivity index (χ0) is 48.6. The third-order valence-electron chi connectivity index (χ3n) is 15.7. The molecule has 2 aromatic heterocycles. The predicted molar refractivity (Wildman–Crippen MR) is 312 cm³/mol. The molecule has 0 amide bonds. The fourth-order valence-electron chi connectivity index (χ4n) is 12.1. The summed E-state index contributed by atoms with van der Waals surface area (Å²) in [6.45, 7) is 14.0. The molecular weight excluding hydrogens is 888 g/mol. The molecule has 4 heterocycles. The van der Waals surface area contributed by atoms with E-state index in [1.807, 2.05) is 11.3 Å². The Labute approximate surface area is 426 Å². The number of hydrogen-bond acceptors (Lipinski definition) is 2. The van der Waals surface area contributed by atoms with Gasteiger partial charge < -0.3 is 9.47 Å². The number of thiophene rings is 1. The highest BCUT2D eigenvalue weighted by Gasteiger charge is 2.44. The molecule has 0 fully saturated rings. The van der Waals surface area contributed by atoms with Gasteiger partial charge in [-0.2, -0.15) is 0 Å². The summed E-state index contributed by atoms with van der Waals surface area (Å²) in [5.41, 5.74) is 23.7. The van der Waals surface area contributed by atoms with Crippen LogP contribution in [0.5, 0.6) is 0 Å². The van der Waals surface area contributed by atoms with Crippen LogP contribution in [-0.2, 0) is 10.8 Å². The monoisotopic (exact) mass is 940 g/mol. The van der Waals surface area contributed by atoms with E-state index in [4.69, 9.17) is 0 Å². The van der Waals surface area contributed by atoms with E-state index in [-0.39, 0.29) is 17.5 Å². The molecule has 0 spiro atoms. The average Bonchev–Trinajstić information content (AvgIpc) is 3.94. The zero-order valence-electron chi connectivity index (χ0n) is 41.6. The molecule has 0 radical (unpaired) electrons. The lowest BCUT2D eigenvalue weighted by Gasteiger charge is -2.42. The first-order valence-corrected chi connectivity index (χ1v) is 26.3. The summed E-state index contributed by atoms with van der Waals surface area (Å²) in [5, 5.41) is 5.15. The van der Waals surface area contributed by atoms with Crippen molar-refractivity contribution in [2.75, 3.05) is 4.90 Å². The molecule has 0 saturated heterocycles. The Morgan fingerprint density at radius 1 is 0.375 bits per heavy atom. The Bertz CT molecular complexity index is 4140. The minimum Gasteiger partial charge on any atom is -0.310 e. The summed E-state index contributed by atoms with van der Waals surface area (Å²) in [7, 11) is 0. The summed E-state index contributed by atoms with van der Waals surface area (Å²) >= 11 is 1.91. The maximum absolute atomic E-state index is 2.68. The Kier molecular flexibility index (Phi) is 9.41. The summed E-state index contributed by atoms with van der Waals surface area (Å²) in [4.78, 5) is 2.68. The van der Waals surface area contributed by atoms with Gasteiger partial charge in [0.1, 0.15) is 0 Å². The van der Waals surface area contributed by atoms with Crippen LogP contribution in [0.15, 0.2) is 212 Å². The highest BCUT2D eigenvalue weighted by Crippen LogP contribution is 2.51. The Morgan fingerprint density at radius 3 is 1.67 bits per heavy atom. The number of para-hydroxylation sites is 1. The largest absolute Gasteiger partial charge is 0.310 e. The first kappa shape index (κ1) is 42.9. The maximum atomic E-state index is 2.68. The molecule has 14 rings (SSSR count). The van der Waals surface area contributed by atoms with Crippen LogP contribution in [0.4, 0.5) is 17.1 Å². The molecule has 4 heteroatoms. The van der Waals surface area contributed by atoms with Gasteiger partial charge in [-0.3, -0.25) is 0 Å². The van der Waals surface area contributed by atoms with Crippen molar-refractivity contribution in [1.82, 2.24) is 4.57 Å². The highest BCUT2D eigenvalue weighted by molar-refractivity contribution is 7.26. The van der Waals surface area contributed by atoms with Gasteiger partial charge >= 0.3 is 0 Å². The van der Waals surface area contributed by atoms with Crippen molar-refractivity contribution in [2.45, 2.75) is 52.4 Å². The van der Waals surface area contributed by atoms with E-state index in [1.54, 1.807) is 0 Å². The van der Waals surface area contributed by atoms with E-state index in [0.29, 0.717) is 0 Å². The molecular formula is C68H53BN2S. The molecule has 0 atom stereocenters. The van der Waals surface area contributed by atoms with Gasteiger partial charge in [-0.1, -0.05) is 217 Å². The second-order valence-electron chi connectivity index (χ2n) is 22.1. The van der Waals surface area contributed by atoms with E-state index in [2.05, 4.69) is 263 Å². The zero-order valence-corrected chi connectivity index (χ0v) is 42.4. The molecule has 0 saturated carbocycles. The Morgan fingerprint density at radius 2 is 0.972 bits per heavy atom. The number of rotatable bonds is 5. The van der Waals surface area contributed by atoms with Crippen LogP contribution in [0, 0.1) is 0 Å². The number of hydrogen-bond donors (Lipinski definition) is 0. The van der Waals surface area contributed by atoms with Crippen LogP contribution in [0.25, 0.3) is 92.2 Å². The lowest BCUT2D eigenvalue weighted by atomic mass is 9.33. The summed E-state index contributed by atoms with van der Waals surface area (Å²) < 4.78 is 5.25. The number of aromatic nitrogens is 1. The lowest BCUT2D eigenvalue weighted by molar-refractivity contribution is 0.569. The molecule has 2 nitrogen and oxygen atoms in total. The first-order valence-electron chi connectivity index (χ1n) is 25.4. The number of fused-ring (bicyclic) bond motifs is 10. The van der Waals surface area contributed by atoms with Crippen molar-refractivity contribution >= 4 is 93.5 Å². The third kappa shape index (κ3) is 6.48. The molecule has 72 heavy (non-hydrogen) atoms. The first-order chi connectivity index (χ1) is 35.0. The van der Waals surface area contributed by atoms with Crippen molar-refractivity contribution < 1.29 is 0 Å². The van der Waals surface area contributed by atoms with Crippen LogP contribution in [0.3, 0.4) is 0 Å². The fourth-order valence-corrected chi connectivity index (χ4v) is 13.3. The summed E-state index contributed by atoms with van der Waals surface area (Å²) in [6, 6.07) is 80.6. The van der Waals surface area contributed by atoms with Crippen LogP contribution < -0.4 is 21.3 Å². The molecule has 344 valence electrons. The van der Waals surface area contributed by atoms with E-state index < -0.39 is 0 Å². The minimum absolute atomic E-state index is 0.0582. The smallest absolute Gasteiger partial charge is 0.253 e. The van der Waals surface area contributed by atoms with Gasteiger partial charge in [0.05, 0.1) is 11.2 Å². The second kappa shape index (κ2) is 15.8. The highest BCUT2D eigenvalue weighted by atomic mass is 32.1. The topological polar surface area (TPSA) is 8.17 Å². The number of anilines is 3. The average molecular weight is 941 g/mol. The number of nitrogens with zero attached hydrogens (tertiary/aromatic N) is 2. The normalized spacial score (nSPS) is 13.1. The Balaban J connectivity index is 1.16. The van der Waals surface area contributed by atoms with Crippen LogP contribution >= 0.6 is 11.3 Å². The minimum atomic E-state index is -0.0644. The van der Waals surface area contributed by atoms with Gasteiger partial charge in [-0.05, 0) is 108 Å². The van der Waals surface area contributed by atoms with Gasteiger partial charge in [0.15, 0.2) is 0 Å². The number of benzene rings is 10. The van der Waals surface area contributed by atoms with Crippen molar-refractivity contribution in [3.05, 3.63) is 223 Å². The summed E-state index contributed by atoms with van der Waals surface area (Å²) in [5.74, 6) is 0. The summed E-state index contributed by atoms with van der Waals surface area (Å²) in [6.07, 6.45) is 0. The van der Waals surface area contributed by atoms with Crippen molar-refractivity contribution in [1.29, 1.82) is 0 Å². The molecule has 2 aliphatic rings. The molecule has 0 aliphatic carbocycles. The van der Waals surface area contributed by atoms with E-state index >= 15 is 0 Å². The van der Waals surface area contributed by atoms with Crippen LogP contribution in [0.1, 0.15) is 52.7 Å². The van der Waals surface area contributed by atoms with Gasteiger partial charge in [-0.25, -0.2) is 0 Å². The quantitative estimate of drug-likeness (QED) is 0.156. The van der Waals surface area contributed by atoms with E-state index in [9.17, 15) is 0 Å². The van der Waals surface area contributed by atoms with Gasteiger partial charge in [-0.15, -0.1) is 11.3 Å². The molecule has 10 aromatic carbocycles. The standard InChI is InChI=1S/C68H53BN2S/c1-67(2,3)47-36-46(37-48(39-47)68(4,5)6)51-28-18-27-50(44-24-14-9-15-25-44)65(51)71-58-30-19-29-57-64(58)69(56-41-62-55(40-60(56)71)53-26-16-17-31-61(53)72-62)63-49(43-22-12-8-13-23-43)34-35-54-52-33-32-45(42-20-10-7-11-21-42)38-59(52)70(57)66(54)63/h7-41H,1-6H3. The molecule has 2 aliphatic heterocycles. The molecule has 12 aromatic rings. The van der Waals surface area contributed by atoms with Crippen molar-refractivity contribution in [3.8, 4) is 50.2 Å². The van der Waals surface area contributed by atoms with Gasteiger partial charge in [0.2, 0.25) is 0 Å². The van der Waals surface area contributed by atoms with Gasteiger partial charge in [0.25, 0.3) is 6.71 Å². The molecule has 0 N–H and O–H groups in total. The lowest BCUT2D eigenvalue weighted by Crippen LogP contribution is -2.61. The van der Waals surface area contributed by atoms with Gasteiger partial charge in [0, 0.05) is 64.7 Å². The maximum Gasteiger partial charge on any atom is 0.253 e. The second-order valence-corrected chi connectivity index (χ2v) is 23.2. The van der Waals surface area contributed by atoms with Crippen molar-refractivity contribution in [2.24, 2.45) is 0 Å². The Hall–Kier alpha value is -7.92. The SMILES string of the molecule is CC(C)(C)c1cc(-c2cccc(-c3ccccc3)c2N2c3cc4c(cc3B3c5c2cccc5-n2c5cc(-c6ccccc6)ccc5c5ccc(-c6ccccc6)c3c52)sc2ccccc24)cc(C(C)(C)C)c1.